The van der Waals surface area contributed by atoms with Crippen LogP contribution >= 0.6 is 0 Å². The first-order valence-electron chi connectivity index (χ1n) is 8.63. The molecular formula is C19H28FNO4. The zero-order valence-electron chi connectivity index (χ0n) is 15.5. The van der Waals surface area contributed by atoms with Crippen LogP contribution in [0.5, 0.6) is 5.75 Å². The van der Waals surface area contributed by atoms with Crippen molar-refractivity contribution in [1.29, 1.82) is 0 Å². The summed E-state index contributed by atoms with van der Waals surface area (Å²) >= 11 is 0. The quantitative estimate of drug-likeness (QED) is 0.822. The standard InChI is InChI=1S/C19H28FNO4/c1-19(2,3)25-18(22)21-10-9-17(11-15(20)12-21)24-13-14-5-7-16(23-4)8-6-14/h5-8,15,17H,9-13H2,1-4H3/t15-,17-/m1/s1. The zero-order chi connectivity index (χ0) is 18.4. The van der Waals surface area contributed by atoms with Crippen molar-refractivity contribution in [1.82, 2.24) is 4.90 Å². The van der Waals surface area contributed by atoms with Crippen LogP contribution in [0, 0.1) is 0 Å². The number of halogens is 1. The van der Waals surface area contributed by atoms with Crippen molar-refractivity contribution >= 4 is 6.09 Å². The maximum absolute atomic E-state index is 14.2. The van der Waals surface area contributed by atoms with Gasteiger partial charge in [0.15, 0.2) is 0 Å². The lowest BCUT2D eigenvalue weighted by atomic mass is 10.1. The second kappa shape index (κ2) is 8.52. The van der Waals surface area contributed by atoms with E-state index in [0.717, 1.165) is 11.3 Å². The molecule has 0 spiro atoms. The van der Waals surface area contributed by atoms with E-state index in [9.17, 15) is 9.18 Å². The van der Waals surface area contributed by atoms with Crippen molar-refractivity contribution in [3.63, 3.8) is 0 Å². The van der Waals surface area contributed by atoms with Crippen LogP contribution in [0.3, 0.4) is 0 Å². The van der Waals surface area contributed by atoms with Crippen molar-refractivity contribution < 1.29 is 23.4 Å². The first kappa shape index (κ1) is 19.5. The van der Waals surface area contributed by atoms with Gasteiger partial charge in [-0.15, -0.1) is 0 Å². The molecule has 25 heavy (non-hydrogen) atoms. The Balaban J connectivity index is 1.86. The van der Waals surface area contributed by atoms with Gasteiger partial charge in [0.1, 0.15) is 17.5 Å². The summed E-state index contributed by atoms with van der Waals surface area (Å²) in [4.78, 5) is 13.6. The summed E-state index contributed by atoms with van der Waals surface area (Å²) in [5.74, 6) is 0.787. The highest BCUT2D eigenvalue weighted by Gasteiger charge is 2.30. The highest BCUT2D eigenvalue weighted by Crippen LogP contribution is 2.21. The van der Waals surface area contributed by atoms with Crippen molar-refractivity contribution in [2.45, 2.75) is 58.1 Å². The van der Waals surface area contributed by atoms with E-state index in [1.807, 2.05) is 24.3 Å². The minimum Gasteiger partial charge on any atom is -0.497 e. The number of amides is 1. The van der Waals surface area contributed by atoms with Crippen LogP contribution in [-0.2, 0) is 16.1 Å². The van der Waals surface area contributed by atoms with E-state index >= 15 is 0 Å². The molecule has 1 aliphatic rings. The Bertz CT molecular complexity index is 556. The summed E-state index contributed by atoms with van der Waals surface area (Å²) in [6.07, 6.45) is -0.919. The Morgan fingerprint density at radius 3 is 2.56 bits per heavy atom. The summed E-state index contributed by atoms with van der Waals surface area (Å²) in [6, 6.07) is 7.59. The molecule has 0 aromatic heterocycles. The van der Waals surface area contributed by atoms with Crippen molar-refractivity contribution in [3.8, 4) is 5.75 Å². The molecule has 0 bridgehead atoms. The lowest BCUT2D eigenvalue weighted by molar-refractivity contribution is 0.0189. The fourth-order valence-corrected chi connectivity index (χ4v) is 2.69. The normalized spacial score (nSPS) is 21.6. The van der Waals surface area contributed by atoms with Crippen LogP contribution in [0.15, 0.2) is 24.3 Å². The fourth-order valence-electron chi connectivity index (χ4n) is 2.69. The molecule has 1 aromatic carbocycles. The van der Waals surface area contributed by atoms with Gasteiger partial charge in [0.2, 0.25) is 0 Å². The van der Waals surface area contributed by atoms with Gasteiger partial charge in [-0.2, -0.15) is 0 Å². The first-order valence-corrected chi connectivity index (χ1v) is 8.63. The molecule has 5 nitrogen and oxygen atoms in total. The maximum Gasteiger partial charge on any atom is 0.410 e. The van der Waals surface area contributed by atoms with Gasteiger partial charge in [0.05, 0.1) is 26.4 Å². The van der Waals surface area contributed by atoms with Gasteiger partial charge in [-0.3, -0.25) is 0 Å². The number of ether oxygens (including phenoxy) is 3. The second-order valence-corrected chi connectivity index (χ2v) is 7.33. The Kier molecular flexibility index (Phi) is 6.64. The number of carbonyl (C=O) groups excluding carboxylic acids is 1. The van der Waals surface area contributed by atoms with Gasteiger partial charge >= 0.3 is 6.09 Å². The maximum atomic E-state index is 14.2. The highest BCUT2D eigenvalue weighted by atomic mass is 19.1. The smallest absolute Gasteiger partial charge is 0.410 e. The topological polar surface area (TPSA) is 48.0 Å². The average Bonchev–Trinajstić information content (AvgIpc) is 2.73. The third-order valence-electron chi connectivity index (χ3n) is 3.95. The molecule has 1 aliphatic heterocycles. The summed E-state index contributed by atoms with van der Waals surface area (Å²) in [5.41, 5.74) is 0.420. The van der Waals surface area contributed by atoms with Crippen LogP contribution in [0.4, 0.5) is 9.18 Å². The molecule has 1 saturated heterocycles. The van der Waals surface area contributed by atoms with E-state index in [1.54, 1.807) is 27.9 Å². The number of methoxy groups -OCH3 is 1. The van der Waals surface area contributed by atoms with Crippen molar-refractivity contribution in [3.05, 3.63) is 29.8 Å². The van der Waals surface area contributed by atoms with Crippen LogP contribution in [0.25, 0.3) is 0 Å². The molecule has 2 rings (SSSR count). The summed E-state index contributed by atoms with van der Waals surface area (Å²) in [6.45, 7) is 6.30. The second-order valence-electron chi connectivity index (χ2n) is 7.33. The third-order valence-corrected chi connectivity index (χ3v) is 3.95. The summed E-state index contributed by atoms with van der Waals surface area (Å²) in [5, 5.41) is 0. The summed E-state index contributed by atoms with van der Waals surface area (Å²) < 4.78 is 30.5. The molecule has 0 saturated carbocycles. The number of rotatable bonds is 4. The minimum atomic E-state index is -1.11. The van der Waals surface area contributed by atoms with E-state index in [4.69, 9.17) is 14.2 Å². The first-order chi connectivity index (χ1) is 11.8. The van der Waals surface area contributed by atoms with E-state index in [2.05, 4.69) is 0 Å². The molecule has 0 aliphatic carbocycles. The predicted octanol–water partition coefficient (Wildman–Crippen LogP) is 3.95. The predicted molar refractivity (Wildman–Crippen MR) is 93.5 cm³/mol. The molecule has 1 amide bonds. The molecule has 140 valence electrons. The number of carbonyl (C=O) groups is 1. The van der Waals surface area contributed by atoms with Gasteiger partial charge < -0.3 is 19.1 Å². The van der Waals surface area contributed by atoms with E-state index in [1.165, 1.54) is 4.90 Å². The number of hydrogen-bond acceptors (Lipinski definition) is 4. The fraction of sp³-hybridized carbons (Fsp3) is 0.632. The zero-order valence-corrected chi connectivity index (χ0v) is 15.5. The van der Waals surface area contributed by atoms with Crippen LogP contribution in [0.1, 0.15) is 39.2 Å². The van der Waals surface area contributed by atoms with Gasteiger partial charge in [-0.25, -0.2) is 9.18 Å². The Labute approximate surface area is 149 Å². The largest absolute Gasteiger partial charge is 0.497 e. The number of nitrogens with zero attached hydrogens (tertiary/aromatic N) is 1. The van der Waals surface area contributed by atoms with E-state index in [0.29, 0.717) is 19.6 Å². The van der Waals surface area contributed by atoms with Gasteiger partial charge in [0.25, 0.3) is 0 Å². The van der Waals surface area contributed by atoms with E-state index < -0.39 is 17.9 Å². The van der Waals surface area contributed by atoms with Gasteiger partial charge in [-0.05, 0) is 44.9 Å². The number of benzene rings is 1. The molecular weight excluding hydrogens is 325 g/mol. The number of alkyl halides is 1. The molecule has 0 radical (unpaired) electrons. The average molecular weight is 353 g/mol. The SMILES string of the molecule is COc1ccc(CO[C@@H]2CCN(C(=O)OC(C)(C)C)C[C@H](F)C2)cc1. The lowest BCUT2D eigenvalue weighted by Gasteiger charge is -2.26. The molecule has 2 atom stereocenters. The van der Waals surface area contributed by atoms with Crippen LogP contribution in [0.2, 0.25) is 0 Å². The molecule has 1 heterocycles. The Morgan fingerprint density at radius 1 is 1.28 bits per heavy atom. The molecule has 1 aromatic rings. The van der Waals surface area contributed by atoms with Crippen molar-refractivity contribution in [2.24, 2.45) is 0 Å². The third kappa shape index (κ3) is 6.53. The number of likely N-dealkylation sites (tertiary alicyclic amines) is 1. The van der Waals surface area contributed by atoms with Gasteiger partial charge in [0, 0.05) is 13.0 Å². The molecule has 1 fully saturated rings. The highest BCUT2D eigenvalue weighted by molar-refractivity contribution is 5.68. The molecule has 0 unspecified atom stereocenters. The molecule has 0 N–H and O–H groups in total. The van der Waals surface area contributed by atoms with Crippen LogP contribution in [-0.4, -0.2) is 49.1 Å². The lowest BCUT2D eigenvalue weighted by Crippen LogP contribution is -2.39. The Hall–Kier alpha value is -1.82. The summed E-state index contributed by atoms with van der Waals surface area (Å²) in [7, 11) is 1.62. The number of hydrogen-bond donors (Lipinski definition) is 0. The minimum absolute atomic E-state index is 0.0529. The molecule has 6 heteroatoms. The van der Waals surface area contributed by atoms with E-state index in [-0.39, 0.29) is 19.1 Å². The van der Waals surface area contributed by atoms with Gasteiger partial charge in [-0.1, -0.05) is 12.1 Å². The monoisotopic (exact) mass is 353 g/mol. The van der Waals surface area contributed by atoms with Crippen LogP contribution < -0.4 is 4.74 Å². The van der Waals surface area contributed by atoms with Crippen molar-refractivity contribution in [2.75, 3.05) is 20.2 Å². The Morgan fingerprint density at radius 2 is 1.96 bits per heavy atom.